The van der Waals surface area contributed by atoms with E-state index in [0.29, 0.717) is 23.6 Å². The van der Waals surface area contributed by atoms with Crippen LogP contribution in [0.4, 0.5) is 10.1 Å². The van der Waals surface area contributed by atoms with Gasteiger partial charge in [-0.3, -0.25) is 9.59 Å². The van der Waals surface area contributed by atoms with E-state index < -0.39 is 5.82 Å². The molecular formula is C21H17FN2O3. The molecule has 136 valence electrons. The number of halogens is 1. The first kappa shape index (κ1) is 18.1. The molecule has 5 nitrogen and oxygen atoms in total. The largest absolute Gasteiger partial charge is 0.465 e. The fourth-order valence-corrected chi connectivity index (χ4v) is 2.36. The number of carbonyl (C=O) groups is 2. The van der Waals surface area contributed by atoms with Gasteiger partial charge in [0.2, 0.25) is 5.91 Å². The second-order valence-electron chi connectivity index (χ2n) is 5.73. The zero-order chi connectivity index (χ0) is 19.1. The maximum atomic E-state index is 12.9. The van der Waals surface area contributed by atoms with Crippen molar-refractivity contribution >= 4 is 23.6 Å². The fourth-order valence-electron chi connectivity index (χ4n) is 2.36. The number of nitrogens with one attached hydrogen (secondary N) is 2. The summed E-state index contributed by atoms with van der Waals surface area (Å²) in [5.41, 5.74) is 1.77. The number of anilines is 1. The van der Waals surface area contributed by atoms with Crippen LogP contribution in [0.5, 0.6) is 0 Å². The van der Waals surface area contributed by atoms with Crippen molar-refractivity contribution in [2.45, 2.75) is 6.54 Å². The van der Waals surface area contributed by atoms with E-state index in [2.05, 4.69) is 10.6 Å². The van der Waals surface area contributed by atoms with Gasteiger partial charge in [0.15, 0.2) is 0 Å². The average molecular weight is 364 g/mol. The molecule has 0 aliphatic heterocycles. The summed E-state index contributed by atoms with van der Waals surface area (Å²) in [6.45, 7) is 0.307. The number of hydrogen-bond donors (Lipinski definition) is 2. The third kappa shape index (κ3) is 5.40. The molecule has 6 heteroatoms. The predicted molar refractivity (Wildman–Crippen MR) is 100 cm³/mol. The van der Waals surface area contributed by atoms with Crippen LogP contribution in [-0.2, 0) is 11.3 Å². The molecule has 0 saturated carbocycles. The van der Waals surface area contributed by atoms with Gasteiger partial charge in [-0.1, -0.05) is 12.1 Å². The van der Waals surface area contributed by atoms with Crippen LogP contribution >= 0.6 is 0 Å². The number of rotatable bonds is 6. The molecule has 0 bridgehead atoms. The van der Waals surface area contributed by atoms with Gasteiger partial charge in [-0.2, -0.15) is 0 Å². The van der Waals surface area contributed by atoms with E-state index in [0.717, 1.165) is 5.56 Å². The molecule has 0 aliphatic carbocycles. The smallest absolute Gasteiger partial charge is 0.255 e. The van der Waals surface area contributed by atoms with Crippen LogP contribution in [0, 0.1) is 5.82 Å². The Hall–Kier alpha value is -3.67. The van der Waals surface area contributed by atoms with Crippen LogP contribution < -0.4 is 10.6 Å². The molecule has 3 aromatic rings. The molecular weight excluding hydrogens is 347 g/mol. The SMILES string of the molecule is O=C(/C=C/c1ccco1)NCc1cccc(NC(=O)c2ccc(F)cc2)c1. The highest BCUT2D eigenvalue weighted by Crippen LogP contribution is 2.13. The fraction of sp³-hybridized carbons (Fsp3) is 0.0476. The summed E-state index contributed by atoms with van der Waals surface area (Å²) >= 11 is 0. The van der Waals surface area contributed by atoms with Crippen molar-refractivity contribution in [2.24, 2.45) is 0 Å². The van der Waals surface area contributed by atoms with Crippen molar-refractivity contribution in [1.82, 2.24) is 5.32 Å². The summed E-state index contributed by atoms with van der Waals surface area (Å²) in [6, 6.07) is 15.9. The Morgan fingerprint density at radius 3 is 2.59 bits per heavy atom. The Bertz CT molecular complexity index is 948. The minimum Gasteiger partial charge on any atom is -0.465 e. The van der Waals surface area contributed by atoms with Gasteiger partial charge in [0, 0.05) is 23.9 Å². The van der Waals surface area contributed by atoms with E-state index in [1.54, 1.807) is 36.4 Å². The van der Waals surface area contributed by atoms with Gasteiger partial charge in [0.25, 0.3) is 5.91 Å². The Morgan fingerprint density at radius 1 is 1.04 bits per heavy atom. The molecule has 0 aliphatic rings. The van der Waals surface area contributed by atoms with Gasteiger partial charge in [-0.25, -0.2) is 4.39 Å². The van der Waals surface area contributed by atoms with Crippen LogP contribution in [0.15, 0.2) is 77.4 Å². The number of carbonyl (C=O) groups excluding carboxylic acids is 2. The molecule has 0 saturated heterocycles. The third-order valence-corrected chi connectivity index (χ3v) is 3.70. The zero-order valence-corrected chi connectivity index (χ0v) is 14.3. The van der Waals surface area contributed by atoms with Crippen LogP contribution in [0.25, 0.3) is 6.08 Å². The highest BCUT2D eigenvalue weighted by molar-refractivity contribution is 6.04. The quantitative estimate of drug-likeness (QED) is 0.650. The van der Waals surface area contributed by atoms with E-state index in [1.807, 2.05) is 6.07 Å². The molecule has 0 spiro atoms. The lowest BCUT2D eigenvalue weighted by molar-refractivity contribution is -0.116. The molecule has 2 aromatic carbocycles. The molecule has 1 heterocycles. The second-order valence-corrected chi connectivity index (χ2v) is 5.73. The molecule has 2 amide bonds. The lowest BCUT2D eigenvalue weighted by Gasteiger charge is -2.08. The summed E-state index contributed by atoms with van der Waals surface area (Å²) in [5.74, 6) is -0.397. The summed E-state index contributed by atoms with van der Waals surface area (Å²) < 4.78 is 18.1. The maximum Gasteiger partial charge on any atom is 0.255 e. The highest BCUT2D eigenvalue weighted by Gasteiger charge is 2.07. The standard InChI is InChI=1S/C21H17FN2O3/c22-17-8-6-16(7-9-17)21(26)24-18-4-1-3-15(13-18)14-23-20(25)11-10-19-5-2-12-27-19/h1-13H,14H2,(H,23,25)(H,24,26)/b11-10+. The molecule has 0 unspecified atom stereocenters. The lowest BCUT2D eigenvalue weighted by atomic mass is 10.1. The zero-order valence-electron chi connectivity index (χ0n) is 14.3. The average Bonchev–Trinajstić information content (AvgIpc) is 3.19. The van der Waals surface area contributed by atoms with Gasteiger partial charge in [-0.05, 0) is 60.2 Å². The van der Waals surface area contributed by atoms with Crippen molar-refractivity contribution < 1.29 is 18.4 Å². The van der Waals surface area contributed by atoms with Crippen LogP contribution in [0.2, 0.25) is 0 Å². The van der Waals surface area contributed by atoms with Gasteiger partial charge >= 0.3 is 0 Å². The van der Waals surface area contributed by atoms with Crippen molar-refractivity contribution in [3.63, 3.8) is 0 Å². The highest BCUT2D eigenvalue weighted by atomic mass is 19.1. The molecule has 0 radical (unpaired) electrons. The molecule has 1 aromatic heterocycles. The molecule has 0 fully saturated rings. The first-order valence-electron chi connectivity index (χ1n) is 8.25. The van der Waals surface area contributed by atoms with Crippen molar-refractivity contribution in [1.29, 1.82) is 0 Å². The Balaban J connectivity index is 1.56. The Kier molecular flexibility index (Phi) is 5.79. The number of hydrogen-bond acceptors (Lipinski definition) is 3. The normalized spacial score (nSPS) is 10.7. The predicted octanol–water partition coefficient (Wildman–Crippen LogP) is 4.00. The molecule has 2 N–H and O–H groups in total. The topological polar surface area (TPSA) is 71.3 Å². The third-order valence-electron chi connectivity index (χ3n) is 3.70. The minimum absolute atomic E-state index is 0.257. The first-order valence-corrected chi connectivity index (χ1v) is 8.25. The van der Waals surface area contributed by atoms with Gasteiger partial charge in [0.1, 0.15) is 11.6 Å². The summed E-state index contributed by atoms with van der Waals surface area (Å²) in [7, 11) is 0. The molecule has 3 rings (SSSR count). The second kappa shape index (κ2) is 8.62. The van der Waals surface area contributed by atoms with E-state index in [-0.39, 0.29) is 11.8 Å². The molecule has 0 atom stereocenters. The van der Waals surface area contributed by atoms with E-state index >= 15 is 0 Å². The summed E-state index contributed by atoms with van der Waals surface area (Å²) in [5, 5.41) is 5.51. The van der Waals surface area contributed by atoms with Gasteiger partial charge < -0.3 is 15.1 Å². The van der Waals surface area contributed by atoms with Crippen molar-refractivity contribution in [2.75, 3.05) is 5.32 Å². The van der Waals surface area contributed by atoms with Gasteiger partial charge in [0.05, 0.1) is 6.26 Å². The Labute approximate surface area is 155 Å². The first-order chi connectivity index (χ1) is 13.1. The van der Waals surface area contributed by atoms with E-state index in [4.69, 9.17) is 4.42 Å². The number of amides is 2. The number of benzene rings is 2. The van der Waals surface area contributed by atoms with Crippen LogP contribution in [-0.4, -0.2) is 11.8 Å². The summed E-state index contributed by atoms with van der Waals surface area (Å²) in [6.07, 6.45) is 4.50. The lowest BCUT2D eigenvalue weighted by Crippen LogP contribution is -2.20. The summed E-state index contributed by atoms with van der Waals surface area (Å²) in [4.78, 5) is 24.0. The van der Waals surface area contributed by atoms with Crippen LogP contribution in [0.3, 0.4) is 0 Å². The monoisotopic (exact) mass is 364 g/mol. The van der Waals surface area contributed by atoms with Crippen molar-refractivity contribution in [3.05, 3.63) is 95.7 Å². The van der Waals surface area contributed by atoms with E-state index in [1.165, 1.54) is 36.6 Å². The van der Waals surface area contributed by atoms with Crippen LogP contribution in [0.1, 0.15) is 21.7 Å². The Morgan fingerprint density at radius 2 is 1.85 bits per heavy atom. The van der Waals surface area contributed by atoms with Crippen molar-refractivity contribution in [3.8, 4) is 0 Å². The maximum absolute atomic E-state index is 12.9. The van der Waals surface area contributed by atoms with E-state index in [9.17, 15) is 14.0 Å². The minimum atomic E-state index is -0.398. The molecule has 27 heavy (non-hydrogen) atoms. The number of furan rings is 1. The van der Waals surface area contributed by atoms with Gasteiger partial charge in [-0.15, -0.1) is 0 Å².